The van der Waals surface area contributed by atoms with Gasteiger partial charge in [0.15, 0.2) is 5.82 Å². The standard InChI is InChI=1S/C7H12N4/c1-2-3-6-4-10-7(11-8)5-9-6/h4-5H,2-3,8H2,1H3,(H,10,11). The number of nitrogen functional groups attached to an aromatic ring is 1. The average Bonchev–Trinajstić information content (AvgIpc) is 2.07. The summed E-state index contributed by atoms with van der Waals surface area (Å²) in [5.74, 6) is 5.72. The number of anilines is 1. The van der Waals surface area contributed by atoms with Gasteiger partial charge in [-0.1, -0.05) is 13.3 Å². The molecule has 60 valence electrons. The SMILES string of the molecule is CCCc1cnc(NN)cn1. The number of aryl methyl sites for hydroxylation is 1. The first kappa shape index (κ1) is 7.94. The lowest BCUT2D eigenvalue weighted by molar-refractivity contribution is 0.870. The molecule has 0 bridgehead atoms. The van der Waals surface area contributed by atoms with Gasteiger partial charge in [0.2, 0.25) is 0 Å². The number of nitrogens with two attached hydrogens (primary N) is 1. The van der Waals surface area contributed by atoms with Crippen LogP contribution in [0.5, 0.6) is 0 Å². The van der Waals surface area contributed by atoms with E-state index in [1.54, 1.807) is 12.4 Å². The highest BCUT2D eigenvalue weighted by atomic mass is 15.3. The van der Waals surface area contributed by atoms with Crippen molar-refractivity contribution in [1.29, 1.82) is 0 Å². The molecule has 4 nitrogen and oxygen atoms in total. The summed E-state index contributed by atoms with van der Waals surface area (Å²) in [6.07, 6.45) is 5.42. The summed E-state index contributed by atoms with van der Waals surface area (Å²) in [6.45, 7) is 2.11. The van der Waals surface area contributed by atoms with Gasteiger partial charge in [0, 0.05) is 0 Å². The summed E-state index contributed by atoms with van der Waals surface area (Å²) in [6, 6.07) is 0. The molecule has 0 fully saturated rings. The zero-order valence-corrected chi connectivity index (χ0v) is 6.54. The van der Waals surface area contributed by atoms with Gasteiger partial charge in [-0.05, 0) is 6.42 Å². The topological polar surface area (TPSA) is 63.8 Å². The van der Waals surface area contributed by atoms with Crippen molar-refractivity contribution in [1.82, 2.24) is 9.97 Å². The summed E-state index contributed by atoms with van der Waals surface area (Å²) < 4.78 is 0. The number of nitrogens with one attached hydrogen (secondary N) is 1. The van der Waals surface area contributed by atoms with Crippen LogP contribution in [0.15, 0.2) is 12.4 Å². The van der Waals surface area contributed by atoms with Crippen molar-refractivity contribution in [3.8, 4) is 0 Å². The van der Waals surface area contributed by atoms with E-state index in [0.717, 1.165) is 18.5 Å². The monoisotopic (exact) mass is 152 g/mol. The molecule has 1 heterocycles. The minimum absolute atomic E-state index is 0.602. The number of hydrogen-bond acceptors (Lipinski definition) is 4. The maximum absolute atomic E-state index is 5.12. The van der Waals surface area contributed by atoms with Crippen molar-refractivity contribution >= 4 is 5.82 Å². The predicted molar refractivity (Wildman–Crippen MR) is 43.8 cm³/mol. The van der Waals surface area contributed by atoms with Crippen molar-refractivity contribution in [2.45, 2.75) is 19.8 Å². The minimum Gasteiger partial charge on any atom is -0.307 e. The van der Waals surface area contributed by atoms with Crippen LogP contribution in [-0.2, 0) is 6.42 Å². The normalized spacial score (nSPS) is 9.64. The summed E-state index contributed by atoms with van der Waals surface area (Å²) in [5, 5.41) is 0. The Morgan fingerprint density at radius 2 is 2.27 bits per heavy atom. The van der Waals surface area contributed by atoms with E-state index in [9.17, 15) is 0 Å². The molecule has 1 aromatic rings. The van der Waals surface area contributed by atoms with E-state index in [1.165, 1.54) is 0 Å². The van der Waals surface area contributed by atoms with Gasteiger partial charge in [0.05, 0.1) is 18.1 Å². The van der Waals surface area contributed by atoms with Crippen LogP contribution in [0.1, 0.15) is 19.0 Å². The van der Waals surface area contributed by atoms with Gasteiger partial charge in [-0.3, -0.25) is 4.98 Å². The Labute approximate surface area is 65.8 Å². The third kappa shape index (κ3) is 2.16. The molecule has 1 rings (SSSR count). The van der Waals surface area contributed by atoms with E-state index in [4.69, 9.17) is 5.84 Å². The number of hydrogen-bond donors (Lipinski definition) is 2. The Morgan fingerprint density at radius 3 is 2.73 bits per heavy atom. The van der Waals surface area contributed by atoms with Crippen LogP contribution in [0.4, 0.5) is 5.82 Å². The van der Waals surface area contributed by atoms with Gasteiger partial charge in [-0.2, -0.15) is 0 Å². The summed E-state index contributed by atoms with van der Waals surface area (Å²) in [4.78, 5) is 8.15. The Balaban J connectivity index is 2.66. The van der Waals surface area contributed by atoms with Crippen molar-refractivity contribution in [2.75, 3.05) is 5.43 Å². The van der Waals surface area contributed by atoms with Gasteiger partial charge in [0.25, 0.3) is 0 Å². The quantitative estimate of drug-likeness (QED) is 0.494. The molecule has 0 amide bonds. The van der Waals surface area contributed by atoms with Crippen LogP contribution in [0.2, 0.25) is 0 Å². The number of rotatable bonds is 3. The zero-order chi connectivity index (χ0) is 8.10. The third-order valence-electron chi connectivity index (χ3n) is 1.36. The minimum atomic E-state index is 0.602. The van der Waals surface area contributed by atoms with Crippen molar-refractivity contribution < 1.29 is 0 Å². The molecule has 3 N–H and O–H groups in total. The lowest BCUT2D eigenvalue weighted by Crippen LogP contribution is -2.09. The van der Waals surface area contributed by atoms with Gasteiger partial charge in [-0.15, -0.1) is 0 Å². The van der Waals surface area contributed by atoms with Crippen LogP contribution >= 0.6 is 0 Å². The Hall–Kier alpha value is -1.16. The van der Waals surface area contributed by atoms with Gasteiger partial charge in [0.1, 0.15) is 0 Å². The van der Waals surface area contributed by atoms with Crippen LogP contribution < -0.4 is 11.3 Å². The molecule has 0 spiro atoms. The van der Waals surface area contributed by atoms with E-state index in [0.29, 0.717) is 5.82 Å². The van der Waals surface area contributed by atoms with Gasteiger partial charge < -0.3 is 5.43 Å². The predicted octanol–water partition coefficient (Wildman–Crippen LogP) is 0.715. The van der Waals surface area contributed by atoms with E-state index in [2.05, 4.69) is 22.3 Å². The van der Waals surface area contributed by atoms with Crippen molar-refractivity contribution in [3.63, 3.8) is 0 Å². The Morgan fingerprint density at radius 1 is 1.45 bits per heavy atom. The molecule has 0 atom stereocenters. The first-order valence-corrected chi connectivity index (χ1v) is 3.64. The molecule has 0 aliphatic heterocycles. The molecule has 0 saturated heterocycles. The van der Waals surface area contributed by atoms with E-state index >= 15 is 0 Å². The molecule has 0 aromatic carbocycles. The fraction of sp³-hybridized carbons (Fsp3) is 0.429. The molecule has 4 heteroatoms. The molecule has 11 heavy (non-hydrogen) atoms. The molecule has 0 aliphatic carbocycles. The number of nitrogens with zero attached hydrogens (tertiary/aromatic N) is 2. The molecule has 0 radical (unpaired) electrons. The first-order chi connectivity index (χ1) is 5.36. The highest BCUT2D eigenvalue weighted by Crippen LogP contribution is 2.00. The fourth-order valence-corrected chi connectivity index (χ4v) is 0.815. The van der Waals surface area contributed by atoms with Crippen molar-refractivity contribution in [2.24, 2.45) is 5.84 Å². The lowest BCUT2D eigenvalue weighted by atomic mass is 10.3. The molecule has 0 unspecified atom stereocenters. The average molecular weight is 152 g/mol. The fourth-order valence-electron chi connectivity index (χ4n) is 0.815. The van der Waals surface area contributed by atoms with Gasteiger partial charge in [-0.25, -0.2) is 10.8 Å². The second kappa shape index (κ2) is 3.88. The van der Waals surface area contributed by atoms with Crippen molar-refractivity contribution in [3.05, 3.63) is 18.1 Å². The third-order valence-corrected chi connectivity index (χ3v) is 1.36. The molecule has 0 aliphatic rings. The molecule has 0 saturated carbocycles. The second-order valence-electron chi connectivity index (χ2n) is 2.29. The molecular weight excluding hydrogens is 140 g/mol. The molecule has 1 aromatic heterocycles. The first-order valence-electron chi connectivity index (χ1n) is 3.64. The molecular formula is C7H12N4. The Bertz CT molecular complexity index is 206. The Kier molecular flexibility index (Phi) is 2.80. The maximum Gasteiger partial charge on any atom is 0.158 e. The smallest absolute Gasteiger partial charge is 0.158 e. The van der Waals surface area contributed by atoms with Crippen LogP contribution in [0.3, 0.4) is 0 Å². The lowest BCUT2D eigenvalue weighted by Gasteiger charge is -1.98. The van der Waals surface area contributed by atoms with Gasteiger partial charge >= 0.3 is 0 Å². The summed E-state index contributed by atoms with van der Waals surface area (Å²) >= 11 is 0. The van der Waals surface area contributed by atoms with E-state index < -0.39 is 0 Å². The highest BCUT2D eigenvalue weighted by Gasteiger charge is 1.93. The second-order valence-corrected chi connectivity index (χ2v) is 2.29. The zero-order valence-electron chi connectivity index (χ0n) is 6.54. The number of aromatic nitrogens is 2. The maximum atomic E-state index is 5.12. The van der Waals surface area contributed by atoms with E-state index in [1.807, 2.05) is 0 Å². The number of hydrazine groups is 1. The van der Waals surface area contributed by atoms with Crippen LogP contribution in [0, 0.1) is 0 Å². The summed E-state index contributed by atoms with van der Waals surface area (Å²) in [7, 11) is 0. The van der Waals surface area contributed by atoms with Crippen LogP contribution in [-0.4, -0.2) is 9.97 Å². The summed E-state index contributed by atoms with van der Waals surface area (Å²) in [5.41, 5.74) is 3.43. The largest absolute Gasteiger partial charge is 0.307 e. The van der Waals surface area contributed by atoms with E-state index in [-0.39, 0.29) is 0 Å². The highest BCUT2D eigenvalue weighted by molar-refractivity contribution is 5.28. The van der Waals surface area contributed by atoms with Crippen LogP contribution in [0.25, 0.3) is 0 Å².